The number of hydrogen-bond donors (Lipinski definition) is 1. The Morgan fingerprint density at radius 2 is 1.93 bits per heavy atom. The minimum atomic E-state index is -2.83. The third-order valence-corrected chi connectivity index (χ3v) is 11.4. The maximum atomic E-state index is 13.2. The largest absolute Gasteiger partial charge is 0.381 e. The Morgan fingerprint density at radius 1 is 1.34 bits per heavy atom. The Hall–Kier alpha value is -1.03. The number of unbranched alkanes of at least 4 members (excludes halogenated alkanes) is 1. The van der Waals surface area contributed by atoms with Crippen molar-refractivity contribution < 1.29 is 14.1 Å². The van der Waals surface area contributed by atoms with Crippen LogP contribution in [0.15, 0.2) is 41.8 Å². The molecule has 1 saturated heterocycles. The summed E-state index contributed by atoms with van der Waals surface area (Å²) >= 11 is 1.29. The maximum absolute atomic E-state index is 13.2. The van der Waals surface area contributed by atoms with Crippen molar-refractivity contribution >= 4 is 23.6 Å². The number of primary amides is 1. The molecule has 0 spiro atoms. The average molecular weight is 440 g/mol. The summed E-state index contributed by atoms with van der Waals surface area (Å²) in [6, 6.07) is 7.82. The third-order valence-electron chi connectivity index (χ3n) is 5.66. The Kier molecular flexibility index (Phi) is 11.3. The van der Waals surface area contributed by atoms with E-state index in [-0.39, 0.29) is 0 Å². The van der Waals surface area contributed by atoms with Crippen molar-refractivity contribution in [2.24, 2.45) is 11.7 Å². The van der Waals surface area contributed by atoms with E-state index in [1.54, 1.807) is 6.66 Å². The first-order chi connectivity index (χ1) is 13.7. The van der Waals surface area contributed by atoms with Gasteiger partial charge in [-0.25, -0.2) is 0 Å². The van der Waals surface area contributed by atoms with Crippen LogP contribution >= 0.6 is 17.7 Å². The number of hydrogen-bond acceptors (Lipinski definition) is 4. The van der Waals surface area contributed by atoms with Gasteiger partial charge in [0.1, 0.15) is 5.16 Å². The second-order valence-corrected chi connectivity index (χ2v) is 13.8. The summed E-state index contributed by atoms with van der Waals surface area (Å²) in [6.45, 7) is 12.8. The molecule has 29 heavy (non-hydrogen) atoms. The van der Waals surface area contributed by atoms with Crippen LogP contribution in [0.25, 0.3) is 0 Å². The maximum Gasteiger partial charge on any atom is 0.232 e. The Bertz CT molecular complexity index is 684. The van der Waals surface area contributed by atoms with Gasteiger partial charge in [-0.05, 0) is 57.3 Å². The standard InChI is InChI=1S/C14H20NO3PS.C9H18/c1-11-3-5-12(6-4-11)20-19(2,17)14(13(15)16)7-9-18-10-8-14;1-4-6-7-8-9(3)5-2/h3-6H,7-10H2,1-2H3,(H2,15,16);4,9H,1,5-8H2,2-3H3. The highest BCUT2D eigenvalue weighted by Crippen LogP contribution is 2.70. The van der Waals surface area contributed by atoms with Crippen LogP contribution < -0.4 is 5.73 Å². The van der Waals surface area contributed by atoms with E-state index >= 15 is 0 Å². The molecule has 1 amide bonds. The van der Waals surface area contributed by atoms with Gasteiger partial charge in [-0.2, -0.15) is 0 Å². The molecule has 1 aromatic carbocycles. The van der Waals surface area contributed by atoms with E-state index in [0.717, 1.165) is 16.4 Å². The van der Waals surface area contributed by atoms with Gasteiger partial charge in [0.05, 0.1) is 0 Å². The van der Waals surface area contributed by atoms with Crippen molar-refractivity contribution in [1.82, 2.24) is 0 Å². The SMILES string of the molecule is C=CCCCC(C)CC.Cc1ccc(SP(C)(=O)C2(C(N)=O)CCOCC2)cc1. The number of allylic oxidation sites excluding steroid dienone is 1. The van der Waals surface area contributed by atoms with Crippen LogP contribution in [0.2, 0.25) is 0 Å². The van der Waals surface area contributed by atoms with Crippen molar-refractivity contribution in [2.75, 3.05) is 19.9 Å². The zero-order valence-electron chi connectivity index (χ0n) is 18.5. The van der Waals surface area contributed by atoms with Crippen molar-refractivity contribution in [2.45, 2.75) is 69.3 Å². The van der Waals surface area contributed by atoms with Crippen molar-refractivity contribution in [1.29, 1.82) is 0 Å². The molecule has 2 atom stereocenters. The highest BCUT2D eigenvalue weighted by molar-refractivity contribution is 8.58. The summed E-state index contributed by atoms with van der Waals surface area (Å²) in [5.41, 5.74) is 6.74. The lowest BCUT2D eigenvalue weighted by molar-refractivity contribution is -0.122. The van der Waals surface area contributed by atoms with Crippen molar-refractivity contribution in [3.63, 3.8) is 0 Å². The fourth-order valence-electron chi connectivity index (χ4n) is 3.26. The lowest BCUT2D eigenvalue weighted by Gasteiger charge is -2.38. The highest BCUT2D eigenvalue weighted by Gasteiger charge is 2.51. The quantitative estimate of drug-likeness (QED) is 0.274. The van der Waals surface area contributed by atoms with E-state index in [0.29, 0.717) is 26.1 Å². The average Bonchev–Trinajstić information content (AvgIpc) is 2.70. The highest BCUT2D eigenvalue weighted by atomic mass is 32.7. The Balaban J connectivity index is 0.000000396. The Labute approximate surface area is 181 Å². The summed E-state index contributed by atoms with van der Waals surface area (Å²) < 4.78 is 18.5. The fourth-order valence-corrected chi connectivity index (χ4v) is 8.41. The van der Waals surface area contributed by atoms with Gasteiger partial charge in [-0.15, -0.1) is 6.58 Å². The molecule has 6 heteroatoms. The molecule has 1 heterocycles. The summed E-state index contributed by atoms with van der Waals surface area (Å²) in [4.78, 5) is 12.9. The van der Waals surface area contributed by atoms with Gasteiger partial charge in [0.2, 0.25) is 5.91 Å². The summed E-state index contributed by atoms with van der Waals surface area (Å²) in [6.07, 6.45) is 5.23. The molecule has 1 aliphatic rings. The zero-order chi connectivity index (χ0) is 21.9. The van der Waals surface area contributed by atoms with E-state index in [9.17, 15) is 9.36 Å². The topological polar surface area (TPSA) is 69.4 Å². The van der Waals surface area contributed by atoms with Crippen molar-refractivity contribution in [3.05, 3.63) is 42.5 Å². The molecule has 2 N–H and O–H groups in total. The minimum absolute atomic E-state index is 0.439. The van der Waals surface area contributed by atoms with Gasteiger partial charge in [0.15, 0.2) is 6.34 Å². The van der Waals surface area contributed by atoms with E-state index in [4.69, 9.17) is 10.5 Å². The van der Waals surface area contributed by atoms with Crippen LogP contribution in [-0.2, 0) is 14.1 Å². The predicted octanol–water partition coefficient (Wildman–Crippen LogP) is 6.42. The summed E-state index contributed by atoms with van der Waals surface area (Å²) in [7, 11) is 0. The first-order valence-electron chi connectivity index (χ1n) is 10.5. The van der Waals surface area contributed by atoms with E-state index < -0.39 is 17.4 Å². The molecule has 164 valence electrons. The van der Waals surface area contributed by atoms with Crippen LogP contribution in [-0.4, -0.2) is 30.9 Å². The smallest absolute Gasteiger partial charge is 0.232 e. The molecule has 1 fully saturated rings. The van der Waals surface area contributed by atoms with Gasteiger partial charge < -0.3 is 15.0 Å². The minimum Gasteiger partial charge on any atom is -0.381 e. The number of carbonyl (C=O) groups is 1. The predicted molar refractivity (Wildman–Crippen MR) is 126 cm³/mol. The normalized spacial score (nSPS) is 18.6. The number of rotatable bonds is 9. The molecule has 0 aromatic heterocycles. The molecule has 2 unspecified atom stereocenters. The zero-order valence-corrected chi connectivity index (χ0v) is 20.2. The van der Waals surface area contributed by atoms with E-state index in [1.807, 2.05) is 37.3 Å². The molecule has 0 aliphatic carbocycles. The van der Waals surface area contributed by atoms with Crippen LogP contribution in [0.3, 0.4) is 0 Å². The molecular formula is C23H38NO3PS. The first kappa shape index (κ1) is 26.0. The molecular weight excluding hydrogens is 401 g/mol. The number of aryl methyl sites for hydroxylation is 1. The lowest BCUT2D eigenvalue weighted by Crippen LogP contribution is -2.47. The van der Waals surface area contributed by atoms with E-state index in [2.05, 4.69) is 20.4 Å². The van der Waals surface area contributed by atoms with Crippen LogP contribution in [0, 0.1) is 12.8 Å². The van der Waals surface area contributed by atoms with Crippen LogP contribution in [0.4, 0.5) is 0 Å². The molecule has 0 bridgehead atoms. The van der Waals surface area contributed by atoms with Gasteiger partial charge in [-0.1, -0.05) is 61.8 Å². The summed E-state index contributed by atoms with van der Waals surface area (Å²) in [5.74, 6) is 0.441. The number of amides is 1. The molecule has 1 aliphatic heterocycles. The monoisotopic (exact) mass is 439 g/mol. The van der Waals surface area contributed by atoms with Gasteiger partial charge in [0, 0.05) is 18.1 Å². The van der Waals surface area contributed by atoms with Crippen LogP contribution in [0.5, 0.6) is 0 Å². The molecule has 0 radical (unpaired) electrons. The number of benzene rings is 1. The lowest BCUT2D eigenvalue weighted by atomic mass is 9.98. The van der Waals surface area contributed by atoms with Gasteiger partial charge in [-0.3, -0.25) is 4.79 Å². The number of nitrogens with two attached hydrogens (primary N) is 1. The Morgan fingerprint density at radius 3 is 2.41 bits per heavy atom. The molecule has 0 saturated carbocycles. The van der Waals surface area contributed by atoms with Gasteiger partial charge in [0.25, 0.3) is 0 Å². The third kappa shape index (κ3) is 7.96. The molecule has 1 aromatic rings. The van der Waals surface area contributed by atoms with Crippen LogP contribution in [0.1, 0.15) is 57.9 Å². The molecule has 4 nitrogen and oxygen atoms in total. The number of ether oxygens (including phenoxy) is 1. The van der Waals surface area contributed by atoms with E-state index in [1.165, 1.54) is 37.1 Å². The molecule has 2 rings (SSSR count). The summed E-state index contributed by atoms with van der Waals surface area (Å²) in [5, 5.41) is -0.944. The fraction of sp³-hybridized carbons (Fsp3) is 0.609. The second kappa shape index (κ2) is 12.6. The van der Waals surface area contributed by atoms with Crippen molar-refractivity contribution in [3.8, 4) is 0 Å². The second-order valence-electron chi connectivity index (χ2n) is 7.99. The first-order valence-corrected chi connectivity index (χ1v) is 14.1. The number of carbonyl (C=O) groups excluding carboxylic acids is 1. The van der Waals surface area contributed by atoms with Gasteiger partial charge >= 0.3 is 0 Å².